The summed E-state index contributed by atoms with van der Waals surface area (Å²) in [5.74, 6) is 1.59. The maximum absolute atomic E-state index is 12.7. The molecule has 2 aromatic rings. The molecule has 146 valence electrons. The fourth-order valence-electron chi connectivity index (χ4n) is 4.43. The molecule has 4 heterocycles. The van der Waals surface area contributed by atoms with E-state index in [0.717, 1.165) is 30.8 Å². The number of anilines is 1. The first-order valence-electron chi connectivity index (χ1n) is 10.1. The number of amides is 2. The summed E-state index contributed by atoms with van der Waals surface area (Å²) in [4.78, 5) is 30.4. The van der Waals surface area contributed by atoms with Crippen LogP contribution in [0, 0.1) is 11.8 Å². The number of hydrogen-bond donors (Lipinski definition) is 1. The third kappa shape index (κ3) is 3.58. The lowest BCUT2D eigenvalue weighted by Crippen LogP contribution is -2.29. The van der Waals surface area contributed by atoms with E-state index in [1.807, 2.05) is 23.1 Å². The van der Waals surface area contributed by atoms with Crippen molar-refractivity contribution in [1.29, 1.82) is 0 Å². The van der Waals surface area contributed by atoms with E-state index in [4.69, 9.17) is 0 Å². The predicted octanol–water partition coefficient (Wildman–Crippen LogP) is 2.48. The van der Waals surface area contributed by atoms with Crippen LogP contribution in [0.25, 0.3) is 6.08 Å². The Kier molecular flexibility index (Phi) is 4.46. The monoisotopic (exact) mass is 387 g/mol. The fraction of sp³-hybridized carbons (Fsp3) is 0.304. The van der Waals surface area contributed by atoms with E-state index in [1.54, 1.807) is 12.3 Å². The maximum atomic E-state index is 12.7. The minimum Gasteiger partial charge on any atom is -0.338 e. The van der Waals surface area contributed by atoms with E-state index in [9.17, 15) is 9.59 Å². The standard InChI is InChI=1S/C23H22N4O2/c28-21-8-7-17-10-16(11-24-23(17)25-21)6-9-22(29)27-14-18-12-26(13-19(18)15-27)20-4-2-1-3-5-20/h1-6,9-12,18-19H,7-8,13-15H2/p+1/t18-,19+/m0/s1. The number of fused-ring (bicyclic) bond motifs is 2. The van der Waals surface area contributed by atoms with Gasteiger partial charge in [-0.1, -0.05) is 18.2 Å². The first kappa shape index (κ1) is 17.8. The number of nitrogens with zero attached hydrogens (tertiary/aromatic N) is 3. The number of benzene rings is 1. The Labute approximate surface area is 169 Å². The van der Waals surface area contributed by atoms with Crippen LogP contribution in [0.5, 0.6) is 0 Å². The highest BCUT2D eigenvalue weighted by atomic mass is 16.2. The molecule has 0 unspecified atom stereocenters. The van der Waals surface area contributed by atoms with Crippen molar-refractivity contribution in [3.05, 3.63) is 59.8 Å². The molecule has 3 aliphatic heterocycles. The summed E-state index contributed by atoms with van der Waals surface area (Å²) < 4.78 is 2.31. The normalized spacial score (nSPS) is 23.0. The summed E-state index contributed by atoms with van der Waals surface area (Å²) in [6.07, 6.45) is 8.60. The van der Waals surface area contributed by atoms with Gasteiger partial charge in [-0.05, 0) is 29.7 Å². The van der Waals surface area contributed by atoms with Crippen molar-refractivity contribution in [2.75, 3.05) is 25.0 Å². The van der Waals surface area contributed by atoms with Gasteiger partial charge >= 0.3 is 0 Å². The highest BCUT2D eigenvalue weighted by Gasteiger charge is 2.42. The van der Waals surface area contributed by atoms with Crippen LogP contribution in [0.15, 0.2) is 48.7 Å². The molecule has 2 atom stereocenters. The number of carbonyl (C=O) groups excluding carboxylic acids is 2. The molecule has 0 aliphatic carbocycles. The van der Waals surface area contributed by atoms with Crippen molar-refractivity contribution in [2.24, 2.45) is 11.8 Å². The highest BCUT2D eigenvalue weighted by molar-refractivity contribution is 5.94. The minimum absolute atomic E-state index is 0.00527. The molecule has 0 spiro atoms. The summed E-state index contributed by atoms with van der Waals surface area (Å²) in [7, 11) is 0. The Bertz CT molecular complexity index is 1030. The van der Waals surface area contributed by atoms with Gasteiger partial charge in [0.25, 0.3) is 0 Å². The first-order chi connectivity index (χ1) is 14.2. The number of pyridine rings is 1. The van der Waals surface area contributed by atoms with Gasteiger partial charge in [-0.3, -0.25) is 9.59 Å². The minimum atomic E-state index is 0.00527. The van der Waals surface area contributed by atoms with E-state index < -0.39 is 0 Å². The van der Waals surface area contributed by atoms with Gasteiger partial charge in [0.2, 0.25) is 17.5 Å². The Balaban J connectivity index is 1.23. The van der Waals surface area contributed by atoms with Gasteiger partial charge in [-0.2, -0.15) is 0 Å². The maximum Gasteiger partial charge on any atom is 0.246 e. The number of hydrogen-bond acceptors (Lipinski definition) is 3. The number of aryl methyl sites for hydroxylation is 1. The highest BCUT2D eigenvalue weighted by Crippen LogP contribution is 2.30. The van der Waals surface area contributed by atoms with E-state index >= 15 is 0 Å². The molecule has 1 saturated heterocycles. The molecule has 3 aliphatic rings. The molecule has 29 heavy (non-hydrogen) atoms. The summed E-state index contributed by atoms with van der Waals surface area (Å²) in [6.45, 7) is 2.52. The second kappa shape index (κ2) is 7.28. The van der Waals surface area contributed by atoms with E-state index in [1.165, 1.54) is 5.69 Å². The quantitative estimate of drug-likeness (QED) is 0.650. The second-order valence-corrected chi connectivity index (χ2v) is 7.96. The molecular formula is C23H23N4O2+. The molecule has 0 saturated carbocycles. The Morgan fingerprint density at radius 3 is 2.90 bits per heavy atom. The van der Waals surface area contributed by atoms with Crippen LogP contribution in [-0.2, 0) is 16.0 Å². The van der Waals surface area contributed by atoms with Crippen molar-refractivity contribution in [3.63, 3.8) is 0 Å². The van der Waals surface area contributed by atoms with Gasteiger partial charge < -0.3 is 10.2 Å². The van der Waals surface area contributed by atoms with Crippen molar-refractivity contribution < 1.29 is 14.2 Å². The number of likely N-dealkylation sites (tertiary alicyclic amines) is 1. The van der Waals surface area contributed by atoms with Crippen molar-refractivity contribution in [3.8, 4) is 0 Å². The fourth-order valence-corrected chi connectivity index (χ4v) is 4.43. The van der Waals surface area contributed by atoms with Gasteiger partial charge in [0.05, 0.1) is 5.92 Å². The zero-order valence-corrected chi connectivity index (χ0v) is 16.1. The zero-order valence-electron chi connectivity index (χ0n) is 16.1. The van der Waals surface area contributed by atoms with Crippen LogP contribution in [-0.4, -0.2) is 52.1 Å². The molecule has 1 aromatic carbocycles. The Morgan fingerprint density at radius 2 is 2.07 bits per heavy atom. The third-order valence-electron chi connectivity index (χ3n) is 5.98. The number of rotatable bonds is 3. The Morgan fingerprint density at radius 1 is 1.21 bits per heavy atom. The summed E-state index contributed by atoms with van der Waals surface area (Å²) >= 11 is 0. The molecule has 1 N–H and O–H groups in total. The van der Waals surface area contributed by atoms with E-state index in [-0.39, 0.29) is 11.8 Å². The second-order valence-electron chi connectivity index (χ2n) is 7.96. The largest absolute Gasteiger partial charge is 0.338 e. The van der Waals surface area contributed by atoms with Crippen LogP contribution in [0.2, 0.25) is 0 Å². The van der Waals surface area contributed by atoms with Gasteiger partial charge in [0, 0.05) is 49.8 Å². The summed E-state index contributed by atoms with van der Waals surface area (Å²) in [6, 6.07) is 12.4. The van der Waals surface area contributed by atoms with Gasteiger partial charge in [0.15, 0.2) is 12.8 Å². The smallest absolute Gasteiger partial charge is 0.246 e. The molecule has 6 nitrogen and oxygen atoms in total. The van der Waals surface area contributed by atoms with Crippen LogP contribution >= 0.6 is 0 Å². The molecule has 6 heteroatoms. The summed E-state index contributed by atoms with van der Waals surface area (Å²) in [5, 5.41) is 2.78. The molecular weight excluding hydrogens is 364 g/mol. The lowest BCUT2D eigenvalue weighted by molar-refractivity contribution is -0.433. The van der Waals surface area contributed by atoms with Crippen LogP contribution in [0.3, 0.4) is 0 Å². The SMILES string of the molecule is O=C1CCc2cc(/C=C/C(=O)N3C[C@H]4C[N+](c5ccccc5)=C[C@H]4C3)cnc2N1. The van der Waals surface area contributed by atoms with Crippen molar-refractivity contribution in [2.45, 2.75) is 12.8 Å². The van der Waals surface area contributed by atoms with Crippen LogP contribution in [0.1, 0.15) is 17.5 Å². The van der Waals surface area contributed by atoms with Crippen molar-refractivity contribution >= 4 is 35.6 Å². The van der Waals surface area contributed by atoms with E-state index in [2.05, 4.69) is 45.4 Å². The lowest BCUT2D eigenvalue weighted by Gasteiger charge is -2.16. The lowest BCUT2D eigenvalue weighted by atomic mass is 10.0. The van der Waals surface area contributed by atoms with Gasteiger partial charge in [0.1, 0.15) is 5.82 Å². The molecule has 5 rings (SSSR count). The van der Waals surface area contributed by atoms with Crippen molar-refractivity contribution in [1.82, 2.24) is 9.88 Å². The first-order valence-corrected chi connectivity index (χ1v) is 10.1. The number of carbonyl (C=O) groups is 2. The van der Waals surface area contributed by atoms with E-state index in [0.29, 0.717) is 30.5 Å². The predicted molar refractivity (Wildman–Crippen MR) is 111 cm³/mol. The number of aromatic nitrogens is 1. The molecule has 0 radical (unpaired) electrons. The van der Waals surface area contributed by atoms with Crippen LogP contribution in [0.4, 0.5) is 11.5 Å². The average molecular weight is 387 g/mol. The third-order valence-corrected chi connectivity index (χ3v) is 5.98. The van der Waals surface area contributed by atoms with Gasteiger partial charge in [-0.25, -0.2) is 9.56 Å². The molecule has 2 amide bonds. The van der Waals surface area contributed by atoms with Gasteiger partial charge in [-0.15, -0.1) is 0 Å². The average Bonchev–Trinajstić information content (AvgIpc) is 3.32. The van der Waals surface area contributed by atoms with Crippen LogP contribution < -0.4 is 5.32 Å². The molecule has 0 bridgehead atoms. The molecule has 1 fully saturated rings. The Hall–Kier alpha value is -3.28. The summed E-state index contributed by atoms with van der Waals surface area (Å²) in [5.41, 5.74) is 3.12. The number of nitrogens with one attached hydrogen (secondary N) is 1. The zero-order chi connectivity index (χ0) is 19.8. The molecule has 1 aromatic heterocycles. The topological polar surface area (TPSA) is 65.3 Å². The number of para-hydroxylation sites is 1.